The molecule has 5 heteroatoms. The molecule has 0 bridgehead atoms. The molecule has 2 aromatic rings. The lowest BCUT2D eigenvalue weighted by Gasteiger charge is -2.37. The maximum Gasteiger partial charge on any atom is 0.247 e. The summed E-state index contributed by atoms with van der Waals surface area (Å²) in [7, 11) is 2.24. The van der Waals surface area contributed by atoms with Crippen LogP contribution >= 0.6 is 0 Å². The summed E-state index contributed by atoms with van der Waals surface area (Å²) in [5.74, 6) is 0.568. The minimum absolute atomic E-state index is 0.203. The van der Waals surface area contributed by atoms with E-state index in [-0.39, 0.29) is 18.0 Å². The smallest absolute Gasteiger partial charge is 0.247 e. The summed E-state index contributed by atoms with van der Waals surface area (Å²) in [6.45, 7) is 5.91. The summed E-state index contributed by atoms with van der Waals surface area (Å²) in [4.78, 5) is 18.3. The van der Waals surface area contributed by atoms with Crippen LogP contribution in [0.25, 0.3) is 0 Å². The summed E-state index contributed by atoms with van der Waals surface area (Å²) < 4.78 is 1.86. The molecule has 2 aliphatic rings. The monoisotopic (exact) mass is 380 g/mol. The van der Waals surface area contributed by atoms with Gasteiger partial charge >= 0.3 is 0 Å². The number of fused-ring (bicyclic) bond motifs is 1. The fraction of sp³-hybridized carbons (Fsp3) is 0.565. The molecule has 4 atom stereocenters. The average molecular weight is 381 g/mol. The van der Waals surface area contributed by atoms with Gasteiger partial charge in [-0.25, -0.2) is 0 Å². The highest BCUT2D eigenvalue weighted by Crippen LogP contribution is 2.39. The first-order valence-electron chi connectivity index (χ1n) is 10.6. The van der Waals surface area contributed by atoms with E-state index in [1.807, 2.05) is 24.6 Å². The van der Waals surface area contributed by atoms with Crippen LogP contribution in [0, 0.1) is 6.92 Å². The molecule has 2 fully saturated rings. The van der Waals surface area contributed by atoms with Crippen molar-refractivity contribution in [1.29, 1.82) is 0 Å². The Hall–Kier alpha value is -2.14. The number of benzene rings is 1. The third-order valence-electron chi connectivity index (χ3n) is 6.72. The lowest BCUT2D eigenvalue weighted by molar-refractivity contribution is -0.136. The highest BCUT2D eigenvalue weighted by molar-refractivity contribution is 5.81. The van der Waals surface area contributed by atoms with Crippen molar-refractivity contribution in [2.75, 3.05) is 20.1 Å². The lowest BCUT2D eigenvalue weighted by Crippen LogP contribution is -2.49. The molecular formula is C23H32N4O. The number of likely N-dealkylation sites (N-methyl/N-ethyl adjacent to an activating group) is 1. The first-order valence-corrected chi connectivity index (χ1v) is 10.6. The summed E-state index contributed by atoms with van der Waals surface area (Å²) >= 11 is 0. The number of likely N-dealkylation sites (tertiary alicyclic amines) is 2. The van der Waals surface area contributed by atoms with Crippen molar-refractivity contribution in [3.05, 3.63) is 53.9 Å². The molecule has 2 aliphatic heterocycles. The number of amides is 1. The number of hydrogen-bond donors (Lipinski definition) is 0. The van der Waals surface area contributed by atoms with E-state index in [0.717, 1.165) is 25.2 Å². The van der Waals surface area contributed by atoms with Gasteiger partial charge in [-0.1, -0.05) is 43.2 Å². The minimum atomic E-state index is -0.263. The summed E-state index contributed by atoms with van der Waals surface area (Å²) in [6, 6.07) is 13.1. The van der Waals surface area contributed by atoms with E-state index in [1.165, 1.54) is 24.8 Å². The standard InChI is InChI=1S/C23H32N4O/c1-17-13-14-24-27(17)18(2)23(28)26-16-20(19-10-6-4-7-11-19)22-21(26)12-8-5-9-15-25(22)3/h4,6-7,10-11,13-14,18,20-22H,5,8-9,12,15-16H2,1-3H3/t18-,20+,21-,22+/m1/s1. The highest BCUT2D eigenvalue weighted by Gasteiger charge is 2.47. The number of aryl methyl sites for hydroxylation is 1. The van der Waals surface area contributed by atoms with Crippen LogP contribution in [-0.4, -0.2) is 57.7 Å². The van der Waals surface area contributed by atoms with Gasteiger partial charge in [0.2, 0.25) is 5.91 Å². The van der Waals surface area contributed by atoms with Crippen LogP contribution in [-0.2, 0) is 4.79 Å². The molecule has 4 rings (SSSR count). The van der Waals surface area contributed by atoms with Crippen molar-refractivity contribution in [1.82, 2.24) is 19.6 Å². The molecule has 2 saturated heterocycles. The predicted octanol–water partition coefficient (Wildman–Crippen LogP) is 3.62. The molecule has 0 N–H and O–H groups in total. The van der Waals surface area contributed by atoms with E-state index in [1.54, 1.807) is 6.20 Å². The molecule has 0 unspecified atom stereocenters. The van der Waals surface area contributed by atoms with Crippen LogP contribution in [0.5, 0.6) is 0 Å². The summed E-state index contributed by atoms with van der Waals surface area (Å²) in [6.07, 6.45) is 6.57. The Morgan fingerprint density at radius 3 is 2.64 bits per heavy atom. The molecule has 0 spiro atoms. The first-order chi connectivity index (χ1) is 13.6. The van der Waals surface area contributed by atoms with Crippen molar-refractivity contribution >= 4 is 5.91 Å². The predicted molar refractivity (Wildman–Crippen MR) is 111 cm³/mol. The quantitative estimate of drug-likeness (QED) is 0.817. The second-order valence-corrected chi connectivity index (χ2v) is 8.49. The third-order valence-corrected chi connectivity index (χ3v) is 6.72. The summed E-state index contributed by atoms with van der Waals surface area (Å²) in [5, 5.41) is 4.40. The Morgan fingerprint density at radius 2 is 1.93 bits per heavy atom. The van der Waals surface area contributed by atoms with E-state index in [2.05, 4.69) is 52.3 Å². The van der Waals surface area contributed by atoms with Gasteiger partial charge in [0, 0.05) is 36.4 Å². The molecule has 0 aliphatic carbocycles. The van der Waals surface area contributed by atoms with Gasteiger partial charge in [0.25, 0.3) is 0 Å². The van der Waals surface area contributed by atoms with Gasteiger partial charge in [-0.15, -0.1) is 0 Å². The van der Waals surface area contributed by atoms with Gasteiger partial charge in [0.05, 0.1) is 0 Å². The van der Waals surface area contributed by atoms with Crippen molar-refractivity contribution in [3.8, 4) is 0 Å². The zero-order valence-corrected chi connectivity index (χ0v) is 17.3. The Kier molecular flexibility index (Phi) is 5.54. The van der Waals surface area contributed by atoms with Crippen LogP contribution in [0.3, 0.4) is 0 Å². The Labute approximate surface area is 168 Å². The van der Waals surface area contributed by atoms with E-state index in [0.29, 0.717) is 12.0 Å². The number of carbonyl (C=O) groups is 1. The van der Waals surface area contributed by atoms with E-state index in [4.69, 9.17) is 0 Å². The molecule has 1 amide bonds. The van der Waals surface area contributed by atoms with Crippen LogP contribution in [0.2, 0.25) is 0 Å². The van der Waals surface area contributed by atoms with Crippen LogP contribution in [0.15, 0.2) is 42.6 Å². The maximum absolute atomic E-state index is 13.6. The number of nitrogens with zero attached hydrogens (tertiary/aromatic N) is 4. The van der Waals surface area contributed by atoms with Crippen LogP contribution in [0.4, 0.5) is 0 Å². The number of rotatable bonds is 3. The van der Waals surface area contributed by atoms with Crippen molar-refractivity contribution in [2.24, 2.45) is 0 Å². The molecule has 1 aromatic heterocycles. The molecule has 1 aromatic carbocycles. The van der Waals surface area contributed by atoms with E-state index < -0.39 is 0 Å². The highest BCUT2D eigenvalue weighted by atomic mass is 16.2. The third kappa shape index (κ3) is 3.48. The molecule has 28 heavy (non-hydrogen) atoms. The molecule has 150 valence electrons. The zero-order chi connectivity index (χ0) is 19.7. The minimum Gasteiger partial charge on any atom is -0.336 e. The lowest BCUT2D eigenvalue weighted by atomic mass is 9.87. The SMILES string of the molecule is Cc1ccnn1[C@H](C)C(=O)N1C[C@@H](c2ccccc2)[C@H]2[C@H]1CCCCCN2C. The fourth-order valence-corrected chi connectivity index (χ4v) is 5.26. The van der Waals surface area contributed by atoms with Gasteiger partial charge in [-0.3, -0.25) is 9.48 Å². The van der Waals surface area contributed by atoms with Crippen LogP contribution in [0.1, 0.15) is 55.8 Å². The Bertz CT molecular complexity index is 802. The van der Waals surface area contributed by atoms with Crippen molar-refractivity contribution in [3.63, 3.8) is 0 Å². The summed E-state index contributed by atoms with van der Waals surface area (Å²) in [5.41, 5.74) is 2.38. The van der Waals surface area contributed by atoms with Crippen molar-refractivity contribution in [2.45, 2.75) is 63.6 Å². The molecule has 0 radical (unpaired) electrons. The topological polar surface area (TPSA) is 41.4 Å². The Balaban J connectivity index is 1.66. The normalized spacial score (nSPS) is 27.1. The Morgan fingerprint density at radius 1 is 1.14 bits per heavy atom. The van der Waals surface area contributed by atoms with Gasteiger partial charge in [0.15, 0.2) is 0 Å². The zero-order valence-electron chi connectivity index (χ0n) is 17.3. The largest absolute Gasteiger partial charge is 0.336 e. The number of hydrogen-bond acceptors (Lipinski definition) is 3. The number of aromatic nitrogens is 2. The van der Waals surface area contributed by atoms with Crippen LogP contribution < -0.4 is 0 Å². The average Bonchev–Trinajstić information content (AvgIpc) is 3.29. The van der Waals surface area contributed by atoms with E-state index in [9.17, 15) is 4.79 Å². The fourth-order valence-electron chi connectivity index (χ4n) is 5.26. The first kappa shape index (κ1) is 19.2. The molecule has 5 nitrogen and oxygen atoms in total. The van der Waals surface area contributed by atoms with Gasteiger partial charge in [-0.05, 0) is 51.9 Å². The molecular weight excluding hydrogens is 348 g/mol. The van der Waals surface area contributed by atoms with Gasteiger partial charge < -0.3 is 9.80 Å². The van der Waals surface area contributed by atoms with Crippen molar-refractivity contribution < 1.29 is 4.79 Å². The number of carbonyl (C=O) groups excluding carboxylic acids is 1. The molecule has 0 saturated carbocycles. The second kappa shape index (κ2) is 8.08. The molecule has 3 heterocycles. The van der Waals surface area contributed by atoms with E-state index >= 15 is 0 Å². The van der Waals surface area contributed by atoms with Gasteiger partial charge in [-0.2, -0.15) is 5.10 Å². The maximum atomic E-state index is 13.6. The van der Waals surface area contributed by atoms with Gasteiger partial charge in [0.1, 0.15) is 6.04 Å². The second-order valence-electron chi connectivity index (χ2n) is 8.49.